The number of hydrogen-bond acceptors (Lipinski definition) is 6. The molecule has 1 saturated carbocycles. The van der Waals surface area contributed by atoms with Crippen molar-refractivity contribution in [1.29, 1.82) is 0 Å². The van der Waals surface area contributed by atoms with Gasteiger partial charge in [0.25, 0.3) is 0 Å². The summed E-state index contributed by atoms with van der Waals surface area (Å²) in [4.78, 5) is 8.79. The number of fused-ring (bicyclic) bond motifs is 1. The van der Waals surface area contributed by atoms with Gasteiger partial charge in [0.2, 0.25) is 0 Å². The summed E-state index contributed by atoms with van der Waals surface area (Å²) in [6, 6.07) is 1.98. The normalized spacial score (nSPS) is 16.4. The molecular formula is C15H18N6O. The predicted octanol–water partition coefficient (Wildman–Crippen LogP) is 2.64. The van der Waals surface area contributed by atoms with Crippen LogP contribution in [-0.2, 0) is 6.54 Å². The van der Waals surface area contributed by atoms with Gasteiger partial charge in [0.15, 0.2) is 17.3 Å². The fraction of sp³-hybridized carbons (Fsp3) is 0.467. The molecule has 22 heavy (non-hydrogen) atoms. The number of nitrogens with zero attached hydrogens (tertiary/aromatic N) is 5. The summed E-state index contributed by atoms with van der Waals surface area (Å²) in [5.41, 5.74) is 8.26. The molecule has 0 amide bonds. The van der Waals surface area contributed by atoms with Gasteiger partial charge < -0.3 is 10.3 Å². The fourth-order valence-electron chi connectivity index (χ4n) is 3.33. The molecule has 0 spiro atoms. The molecule has 114 valence electrons. The SMILES string of the molecule is Nc1nonc1-c1nc2cnccc2n1CC1CCCCC1. The van der Waals surface area contributed by atoms with Crippen LogP contribution in [0.3, 0.4) is 0 Å². The maximum Gasteiger partial charge on any atom is 0.199 e. The highest BCUT2D eigenvalue weighted by Crippen LogP contribution is 2.31. The van der Waals surface area contributed by atoms with Crippen molar-refractivity contribution in [3.05, 3.63) is 18.5 Å². The Kier molecular flexibility index (Phi) is 3.25. The van der Waals surface area contributed by atoms with E-state index >= 15 is 0 Å². The first-order valence-corrected chi connectivity index (χ1v) is 7.71. The molecular weight excluding hydrogens is 280 g/mol. The maximum absolute atomic E-state index is 5.86. The Balaban J connectivity index is 1.81. The van der Waals surface area contributed by atoms with Gasteiger partial charge in [-0.15, -0.1) is 0 Å². The number of nitrogens with two attached hydrogens (primary N) is 1. The maximum atomic E-state index is 5.86. The summed E-state index contributed by atoms with van der Waals surface area (Å²) in [6.45, 7) is 0.919. The monoisotopic (exact) mass is 298 g/mol. The third kappa shape index (κ3) is 2.22. The molecule has 1 fully saturated rings. The Hall–Kier alpha value is -2.44. The fourth-order valence-corrected chi connectivity index (χ4v) is 3.33. The highest BCUT2D eigenvalue weighted by molar-refractivity contribution is 5.80. The first-order chi connectivity index (χ1) is 10.8. The van der Waals surface area contributed by atoms with Crippen molar-refractivity contribution in [2.45, 2.75) is 38.6 Å². The average molecular weight is 298 g/mol. The van der Waals surface area contributed by atoms with Crippen LogP contribution >= 0.6 is 0 Å². The van der Waals surface area contributed by atoms with Gasteiger partial charge in [-0.3, -0.25) is 4.98 Å². The second kappa shape index (κ2) is 5.40. The second-order valence-corrected chi connectivity index (χ2v) is 5.91. The molecule has 3 aromatic rings. The number of nitrogen functional groups attached to an aromatic ring is 1. The number of rotatable bonds is 3. The van der Waals surface area contributed by atoms with Crippen LogP contribution in [0.5, 0.6) is 0 Å². The van der Waals surface area contributed by atoms with Gasteiger partial charge in [0.1, 0.15) is 5.52 Å². The Morgan fingerprint density at radius 1 is 1.23 bits per heavy atom. The molecule has 0 aromatic carbocycles. The Morgan fingerprint density at radius 2 is 2.09 bits per heavy atom. The van der Waals surface area contributed by atoms with Crippen molar-refractivity contribution in [2.75, 3.05) is 5.73 Å². The van der Waals surface area contributed by atoms with Crippen LogP contribution < -0.4 is 5.73 Å². The third-order valence-electron chi connectivity index (χ3n) is 4.44. The third-order valence-corrected chi connectivity index (χ3v) is 4.44. The first kappa shape index (κ1) is 13.2. The van der Waals surface area contributed by atoms with Gasteiger partial charge in [-0.05, 0) is 35.1 Å². The van der Waals surface area contributed by atoms with Crippen molar-refractivity contribution in [2.24, 2.45) is 5.92 Å². The van der Waals surface area contributed by atoms with Gasteiger partial charge in [-0.2, -0.15) is 0 Å². The molecule has 4 rings (SSSR count). The lowest BCUT2D eigenvalue weighted by Gasteiger charge is -2.22. The number of imidazole rings is 1. The molecule has 2 N–H and O–H groups in total. The molecule has 0 aliphatic heterocycles. The molecule has 0 atom stereocenters. The van der Waals surface area contributed by atoms with Gasteiger partial charge >= 0.3 is 0 Å². The Morgan fingerprint density at radius 3 is 2.86 bits per heavy atom. The summed E-state index contributed by atoms with van der Waals surface area (Å²) >= 11 is 0. The number of hydrogen-bond donors (Lipinski definition) is 1. The van der Waals surface area contributed by atoms with E-state index in [0.717, 1.165) is 17.6 Å². The number of aromatic nitrogens is 5. The highest BCUT2D eigenvalue weighted by atomic mass is 16.6. The lowest BCUT2D eigenvalue weighted by atomic mass is 9.89. The van der Waals surface area contributed by atoms with Crippen molar-refractivity contribution < 1.29 is 4.63 Å². The van der Waals surface area contributed by atoms with E-state index in [0.29, 0.717) is 17.4 Å². The molecule has 0 unspecified atom stereocenters. The summed E-state index contributed by atoms with van der Waals surface area (Å²) in [7, 11) is 0. The van der Waals surface area contributed by atoms with Crippen molar-refractivity contribution in [1.82, 2.24) is 24.8 Å². The van der Waals surface area contributed by atoms with Crippen LogP contribution in [0.1, 0.15) is 32.1 Å². The summed E-state index contributed by atoms with van der Waals surface area (Å²) in [5, 5.41) is 7.59. The van der Waals surface area contributed by atoms with Crippen LogP contribution in [0.15, 0.2) is 23.1 Å². The van der Waals surface area contributed by atoms with E-state index in [2.05, 4.69) is 24.8 Å². The van der Waals surface area contributed by atoms with Gasteiger partial charge in [-0.25, -0.2) is 9.61 Å². The minimum Gasteiger partial charge on any atom is -0.379 e. The molecule has 0 bridgehead atoms. The largest absolute Gasteiger partial charge is 0.379 e. The highest BCUT2D eigenvalue weighted by Gasteiger charge is 2.22. The topological polar surface area (TPSA) is 95.7 Å². The van der Waals surface area contributed by atoms with E-state index in [-0.39, 0.29) is 5.82 Å². The number of anilines is 1. The zero-order chi connectivity index (χ0) is 14.9. The molecule has 7 heteroatoms. The smallest absolute Gasteiger partial charge is 0.199 e. The number of pyridine rings is 1. The van der Waals surface area contributed by atoms with Crippen molar-refractivity contribution in [3.63, 3.8) is 0 Å². The van der Waals surface area contributed by atoms with Crippen molar-refractivity contribution >= 4 is 16.9 Å². The van der Waals surface area contributed by atoms with Crippen LogP contribution in [0.4, 0.5) is 5.82 Å². The van der Waals surface area contributed by atoms with E-state index in [9.17, 15) is 0 Å². The second-order valence-electron chi connectivity index (χ2n) is 5.91. The van der Waals surface area contributed by atoms with Gasteiger partial charge in [0.05, 0.1) is 11.7 Å². The summed E-state index contributed by atoms with van der Waals surface area (Å²) < 4.78 is 6.93. The van der Waals surface area contributed by atoms with Crippen LogP contribution in [-0.4, -0.2) is 24.8 Å². The van der Waals surface area contributed by atoms with E-state index in [4.69, 9.17) is 10.4 Å². The molecule has 0 radical (unpaired) electrons. The Labute approximate surface area is 127 Å². The van der Waals surface area contributed by atoms with E-state index in [1.807, 2.05) is 6.07 Å². The average Bonchev–Trinajstić information content (AvgIpc) is 3.12. The lowest BCUT2D eigenvalue weighted by molar-refractivity contribution is 0.308. The van der Waals surface area contributed by atoms with Crippen LogP contribution in [0, 0.1) is 5.92 Å². The standard InChI is InChI=1S/C15H18N6O/c16-14-13(19-22-20-14)15-18-11-8-17-7-6-12(11)21(15)9-10-4-2-1-3-5-10/h6-8,10H,1-5,9H2,(H2,16,20). The van der Waals surface area contributed by atoms with Crippen molar-refractivity contribution in [3.8, 4) is 11.5 Å². The molecule has 0 saturated heterocycles. The summed E-state index contributed by atoms with van der Waals surface area (Å²) in [6.07, 6.45) is 10.0. The van der Waals surface area contributed by atoms with Gasteiger partial charge in [0, 0.05) is 12.7 Å². The lowest BCUT2D eigenvalue weighted by Crippen LogP contribution is -2.15. The molecule has 1 aliphatic carbocycles. The zero-order valence-corrected chi connectivity index (χ0v) is 12.3. The van der Waals surface area contributed by atoms with Crippen LogP contribution in [0.2, 0.25) is 0 Å². The molecule has 1 aliphatic rings. The van der Waals surface area contributed by atoms with E-state index in [1.54, 1.807) is 12.4 Å². The molecule has 3 heterocycles. The predicted molar refractivity (Wildman–Crippen MR) is 81.8 cm³/mol. The minimum absolute atomic E-state index is 0.271. The van der Waals surface area contributed by atoms with Gasteiger partial charge in [-0.1, -0.05) is 19.3 Å². The minimum atomic E-state index is 0.271. The first-order valence-electron chi connectivity index (χ1n) is 7.71. The molecule has 7 nitrogen and oxygen atoms in total. The Bertz CT molecular complexity index is 786. The zero-order valence-electron chi connectivity index (χ0n) is 12.3. The van der Waals surface area contributed by atoms with Crippen LogP contribution in [0.25, 0.3) is 22.6 Å². The van der Waals surface area contributed by atoms with E-state index < -0.39 is 0 Å². The summed E-state index contributed by atoms with van der Waals surface area (Å²) in [5.74, 6) is 1.65. The quantitative estimate of drug-likeness (QED) is 0.798. The van der Waals surface area contributed by atoms with E-state index in [1.165, 1.54) is 32.1 Å². The molecule has 3 aromatic heterocycles.